The number of amides is 2. The maximum absolute atomic E-state index is 11.5. The van der Waals surface area contributed by atoms with Crippen LogP contribution in [0.2, 0.25) is 0 Å². The minimum atomic E-state index is -1.22. The number of hydrogen-bond acceptors (Lipinski definition) is 5. The van der Waals surface area contributed by atoms with Gasteiger partial charge < -0.3 is 15.7 Å². The number of aromatic nitrogens is 3. The molecule has 9 heteroatoms. The summed E-state index contributed by atoms with van der Waals surface area (Å²) in [6, 6.07) is -0.676. The average molecular weight is 255 g/mol. The minimum absolute atomic E-state index is 0.207. The molecule has 0 spiro atoms. The second-order valence-corrected chi connectivity index (χ2v) is 3.51. The van der Waals surface area contributed by atoms with Gasteiger partial charge >= 0.3 is 5.97 Å². The van der Waals surface area contributed by atoms with Crippen molar-refractivity contribution in [2.45, 2.75) is 19.5 Å². The Morgan fingerprint density at radius 2 is 2.17 bits per heavy atom. The number of carboxylic acids is 1. The molecule has 0 bridgehead atoms. The maximum Gasteiger partial charge on any atom is 0.358 e. The summed E-state index contributed by atoms with van der Waals surface area (Å²) in [6.07, 6.45) is 1.13. The first-order valence-electron chi connectivity index (χ1n) is 5.08. The van der Waals surface area contributed by atoms with Crippen molar-refractivity contribution in [2.24, 2.45) is 0 Å². The van der Waals surface area contributed by atoms with Gasteiger partial charge in [0.25, 0.3) is 0 Å². The summed E-state index contributed by atoms with van der Waals surface area (Å²) in [5.74, 6) is -2.01. The summed E-state index contributed by atoms with van der Waals surface area (Å²) in [4.78, 5) is 33.2. The van der Waals surface area contributed by atoms with Crippen molar-refractivity contribution in [1.29, 1.82) is 0 Å². The molecule has 1 unspecified atom stereocenters. The SMILES string of the molecule is CNC(=O)C(C)NC(=O)Cn1cc(C(=O)O)nn1. The third-order valence-electron chi connectivity index (χ3n) is 2.08. The standard InChI is InChI=1S/C9H13N5O4/c1-5(8(16)10-2)11-7(15)4-14-3-6(9(17)18)12-13-14/h3,5H,4H2,1-2H3,(H,10,16)(H,11,15)(H,17,18). The topological polar surface area (TPSA) is 126 Å². The lowest BCUT2D eigenvalue weighted by Gasteiger charge is -2.11. The molecule has 1 rings (SSSR count). The molecule has 3 N–H and O–H groups in total. The molecular weight excluding hydrogens is 242 g/mol. The molecule has 9 nitrogen and oxygen atoms in total. The molecule has 0 radical (unpaired) electrons. The Bertz CT molecular complexity index is 469. The number of hydrogen-bond donors (Lipinski definition) is 3. The molecule has 0 saturated heterocycles. The van der Waals surface area contributed by atoms with Crippen LogP contribution in [0.15, 0.2) is 6.20 Å². The van der Waals surface area contributed by atoms with Crippen LogP contribution in [0.1, 0.15) is 17.4 Å². The highest BCUT2D eigenvalue weighted by atomic mass is 16.4. The minimum Gasteiger partial charge on any atom is -0.476 e. The van der Waals surface area contributed by atoms with Crippen LogP contribution in [0, 0.1) is 0 Å². The Morgan fingerprint density at radius 3 is 2.67 bits per heavy atom. The van der Waals surface area contributed by atoms with Crippen LogP contribution in [0.4, 0.5) is 0 Å². The average Bonchev–Trinajstić information content (AvgIpc) is 2.76. The van der Waals surface area contributed by atoms with Crippen molar-refractivity contribution in [1.82, 2.24) is 25.6 Å². The molecule has 0 aliphatic heterocycles. The Labute approximate surface area is 102 Å². The molecule has 0 aliphatic carbocycles. The molecule has 0 aromatic carbocycles. The zero-order valence-electron chi connectivity index (χ0n) is 9.88. The van der Waals surface area contributed by atoms with Gasteiger partial charge in [0.05, 0.1) is 6.20 Å². The number of nitrogens with zero attached hydrogens (tertiary/aromatic N) is 3. The van der Waals surface area contributed by atoms with E-state index in [0.717, 1.165) is 10.9 Å². The van der Waals surface area contributed by atoms with E-state index in [1.807, 2.05) is 0 Å². The second-order valence-electron chi connectivity index (χ2n) is 3.51. The van der Waals surface area contributed by atoms with E-state index in [2.05, 4.69) is 20.9 Å². The maximum atomic E-state index is 11.5. The van der Waals surface area contributed by atoms with Crippen LogP contribution in [0.25, 0.3) is 0 Å². The van der Waals surface area contributed by atoms with E-state index < -0.39 is 17.9 Å². The van der Waals surface area contributed by atoms with Gasteiger partial charge in [-0.25, -0.2) is 9.48 Å². The van der Waals surface area contributed by atoms with E-state index in [1.54, 1.807) is 0 Å². The van der Waals surface area contributed by atoms with E-state index in [-0.39, 0.29) is 18.1 Å². The third-order valence-corrected chi connectivity index (χ3v) is 2.08. The molecule has 1 heterocycles. The van der Waals surface area contributed by atoms with Crippen LogP contribution in [-0.2, 0) is 16.1 Å². The molecule has 1 aromatic heterocycles. The van der Waals surface area contributed by atoms with Gasteiger partial charge in [0.15, 0.2) is 5.69 Å². The fourth-order valence-corrected chi connectivity index (χ4v) is 1.19. The van der Waals surface area contributed by atoms with E-state index >= 15 is 0 Å². The second kappa shape index (κ2) is 5.75. The Kier molecular flexibility index (Phi) is 4.35. The highest BCUT2D eigenvalue weighted by Gasteiger charge is 2.15. The monoisotopic (exact) mass is 255 g/mol. The predicted molar refractivity (Wildman–Crippen MR) is 58.7 cm³/mol. The highest BCUT2D eigenvalue weighted by molar-refractivity contribution is 5.87. The summed E-state index contributed by atoms with van der Waals surface area (Å²) in [5, 5.41) is 20.3. The van der Waals surface area contributed by atoms with Crippen molar-refractivity contribution in [3.8, 4) is 0 Å². The van der Waals surface area contributed by atoms with Crippen LogP contribution >= 0.6 is 0 Å². The van der Waals surface area contributed by atoms with Crippen molar-refractivity contribution >= 4 is 17.8 Å². The number of rotatable bonds is 5. The van der Waals surface area contributed by atoms with Gasteiger partial charge in [-0.3, -0.25) is 9.59 Å². The molecule has 98 valence electrons. The Balaban J connectivity index is 2.54. The lowest BCUT2D eigenvalue weighted by atomic mass is 10.3. The van der Waals surface area contributed by atoms with Crippen molar-refractivity contribution < 1.29 is 19.5 Å². The number of nitrogens with one attached hydrogen (secondary N) is 2. The van der Waals surface area contributed by atoms with Gasteiger partial charge in [-0.1, -0.05) is 5.21 Å². The largest absolute Gasteiger partial charge is 0.476 e. The summed E-state index contributed by atoms with van der Waals surface area (Å²) in [7, 11) is 1.46. The molecular formula is C9H13N5O4. The van der Waals surface area contributed by atoms with Gasteiger partial charge in [0.2, 0.25) is 11.8 Å². The van der Waals surface area contributed by atoms with E-state index in [1.165, 1.54) is 14.0 Å². The first kappa shape index (κ1) is 13.6. The van der Waals surface area contributed by atoms with Crippen molar-refractivity contribution in [2.75, 3.05) is 7.05 Å². The first-order chi connectivity index (χ1) is 8.43. The number of carboxylic acid groups (broad SMARTS) is 1. The molecule has 0 fully saturated rings. The van der Waals surface area contributed by atoms with Crippen molar-refractivity contribution in [3.05, 3.63) is 11.9 Å². The molecule has 18 heavy (non-hydrogen) atoms. The molecule has 0 saturated carbocycles. The Morgan fingerprint density at radius 1 is 1.50 bits per heavy atom. The normalized spacial score (nSPS) is 11.7. The van der Waals surface area contributed by atoms with Gasteiger partial charge in [-0.15, -0.1) is 5.10 Å². The summed E-state index contributed by atoms with van der Waals surface area (Å²) in [6.45, 7) is 1.32. The highest BCUT2D eigenvalue weighted by Crippen LogP contribution is 1.93. The van der Waals surface area contributed by atoms with Crippen LogP contribution in [-0.4, -0.2) is 51.0 Å². The lowest BCUT2D eigenvalue weighted by molar-refractivity contribution is -0.128. The number of carbonyl (C=O) groups excluding carboxylic acids is 2. The van der Waals surface area contributed by atoms with Crippen LogP contribution in [0.5, 0.6) is 0 Å². The molecule has 2 amide bonds. The van der Waals surface area contributed by atoms with Gasteiger partial charge in [0, 0.05) is 7.05 Å². The molecule has 0 aliphatic rings. The smallest absolute Gasteiger partial charge is 0.358 e. The van der Waals surface area contributed by atoms with Gasteiger partial charge in [-0.2, -0.15) is 0 Å². The quantitative estimate of drug-likeness (QED) is 0.571. The van der Waals surface area contributed by atoms with Gasteiger partial charge in [-0.05, 0) is 6.92 Å². The summed E-state index contributed by atoms with van der Waals surface area (Å²) >= 11 is 0. The summed E-state index contributed by atoms with van der Waals surface area (Å²) in [5.41, 5.74) is -0.248. The number of carbonyl (C=O) groups is 3. The number of aromatic carboxylic acids is 1. The zero-order valence-corrected chi connectivity index (χ0v) is 9.88. The van der Waals surface area contributed by atoms with Crippen LogP contribution < -0.4 is 10.6 Å². The van der Waals surface area contributed by atoms with E-state index in [0.29, 0.717) is 0 Å². The third kappa shape index (κ3) is 3.54. The van der Waals surface area contributed by atoms with Crippen LogP contribution in [0.3, 0.4) is 0 Å². The fraction of sp³-hybridized carbons (Fsp3) is 0.444. The van der Waals surface area contributed by atoms with E-state index in [4.69, 9.17) is 5.11 Å². The van der Waals surface area contributed by atoms with E-state index in [9.17, 15) is 14.4 Å². The number of likely N-dealkylation sites (N-methyl/N-ethyl adjacent to an activating group) is 1. The van der Waals surface area contributed by atoms with Gasteiger partial charge in [0.1, 0.15) is 12.6 Å². The summed E-state index contributed by atoms with van der Waals surface area (Å²) < 4.78 is 1.08. The predicted octanol–water partition coefficient (Wildman–Crippen LogP) is -1.77. The fourth-order valence-electron chi connectivity index (χ4n) is 1.19. The Hall–Kier alpha value is -2.45. The lowest BCUT2D eigenvalue weighted by Crippen LogP contribution is -2.44. The first-order valence-corrected chi connectivity index (χ1v) is 5.08. The zero-order chi connectivity index (χ0) is 13.7. The molecule has 1 atom stereocenters. The van der Waals surface area contributed by atoms with Crippen molar-refractivity contribution in [3.63, 3.8) is 0 Å². The molecule has 1 aromatic rings.